The van der Waals surface area contributed by atoms with E-state index in [4.69, 9.17) is 5.73 Å². The minimum atomic E-state index is -1.58. The van der Waals surface area contributed by atoms with Gasteiger partial charge in [0.15, 0.2) is 17.5 Å². The summed E-state index contributed by atoms with van der Waals surface area (Å²) in [7, 11) is 0. The van der Waals surface area contributed by atoms with E-state index in [1.54, 1.807) is 6.92 Å². The zero-order chi connectivity index (χ0) is 13.4. The normalized spacial score (nSPS) is 10.9. The van der Waals surface area contributed by atoms with Crippen LogP contribution in [-0.4, -0.2) is 10.9 Å². The number of hydrogen-bond acceptors (Lipinski definition) is 2. The number of benzene rings is 1. The maximum Gasteiger partial charge on any atom is 0.221 e. The van der Waals surface area contributed by atoms with Crippen molar-refractivity contribution in [2.24, 2.45) is 5.73 Å². The number of rotatable bonds is 2. The van der Waals surface area contributed by atoms with Crippen molar-refractivity contribution < 1.29 is 18.0 Å². The van der Waals surface area contributed by atoms with Gasteiger partial charge in [0.25, 0.3) is 0 Å². The third-order valence-electron chi connectivity index (χ3n) is 2.52. The van der Waals surface area contributed by atoms with Crippen molar-refractivity contribution in [1.82, 2.24) is 4.98 Å². The summed E-state index contributed by atoms with van der Waals surface area (Å²) in [6.07, 6.45) is -0.190. The van der Waals surface area contributed by atoms with Crippen LogP contribution in [0.4, 0.5) is 13.2 Å². The van der Waals surface area contributed by atoms with E-state index in [2.05, 4.69) is 4.98 Å². The highest BCUT2D eigenvalue weighted by Crippen LogP contribution is 2.25. The Labute approximate surface area is 100 Å². The van der Waals surface area contributed by atoms with Crippen LogP contribution in [0.1, 0.15) is 11.3 Å². The number of carbonyl (C=O) groups excluding carboxylic acids is 1. The summed E-state index contributed by atoms with van der Waals surface area (Å²) in [4.78, 5) is 14.7. The fraction of sp³-hybridized carbons (Fsp3) is 0.167. The standard InChI is InChI=1S/C12H9F3N2O/c1-5-2-6(3-9(16)18)7-4-8(13)10(14)11(15)12(7)17-5/h2,4H,3H2,1H3,(H2,16,18). The van der Waals surface area contributed by atoms with Gasteiger partial charge in [-0.3, -0.25) is 4.79 Å². The predicted octanol–water partition coefficient (Wildman–Crippen LogP) is 1.99. The monoisotopic (exact) mass is 254 g/mol. The number of fused-ring (bicyclic) bond motifs is 1. The SMILES string of the molecule is Cc1cc(CC(N)=O)c2cc(F)c(F)c(F)c2n1. The average Bonchev–Trinajstić information content (AvgIpc) is 2.27. The van der Waals surface area contributed by atoms with E-state index in [0.29, 0.717) is 11.3 Å². The highest BCUT2D eigenvalue weighted by Gasteiger charge is 2.17. The molecule has 18 heavy (non-hydrogen) atoms. The van der Waals surface area contributed by atoms with Crippen molar-refractivity contribution in [3.05, 3.63) is 40.8 Å². The molecule has 0 aliphatic heterocycles. The van der Waals surface area contributed by atoms with Crippen LogP contribution < -0.4 is 5.73 Å². The minimum Gasteiger partial charge on any atom is -0.369 e. The second-order valence-corrected chi connectivity index (χ2v) is 3.95. The van der Waals surface area contributed by atoms with Crippen LogP contribution in [0, 0.1) is 24.4 Å². The molecule has 6 heteroatoms. The topological polar surface area (TPSA) is 56.0 Å². The van der Waals surface area contributed by atoms with E-state index in [1.807, 2.05) is 0 Å². The van der Waals surface area contributed by atoms with Gasteiger partial charge in [0.1, 0.15) is 5.52 Å². The lowest BCUT2D eigenvalue weighted by Crippen LogP contribution is -2.14. The highest BCUT2D eigenvalue weighted by atomic mass is 19.2. The van der Waals surface area contributed by atoms with Gasteiger partial charge < -0.3 is 5.73 Å². The van der Waals surface area contributed by atoms with E-state index >= 15 is 0 Å². The Kier molecular flexibility index (Phi) is 2.94. The summed E-state index contributed by atoms with van der Waals surface area (Å²) >= 11 is 0. The third kappa shape index (κ3) is 2.01. The number of aryl methyl sites for hydroxylation is 1. The molecule has 3 nitrogen and oxygen atoms in total. The second kappa shape index (κ2) is 4.29. The van der Waals surface area contributed by atoms with Gasteiger partial charge in [-0.25, -0.2) is 18.2 Å². The largest absolute Gasteiger partial charge is 0.369 e. The molecule has 1 amide bonds. The van der Waals surface area contributed by atoms with Crippen LogP contribution >= 0.6 is 0 Å². The minimum absolute atomic E-state index is 0.0517. The second-order valence-electron chi connectivity index (χ2n) is 3.95. The number of nitrogens with two attached hydrogens (primary N) is 1. The number of pyridine rings is 1. The molecule has 0 unspecified atom stereocenters. The quantitative estimate of drug-likeness (QED) is 0.833. The highest BCUT2D eigenvalue weighted by molar-refractivity contribution is 5.88. The summed E-state index contributed by atoms with van der Waals surface area (Å²) < 4.78 is 39.8. The molecule has 0 saturated carbocycles. The summed E-state index contributed by atoms with van der Waals surface area (Å²) in [5.74, 6) is -4.91. The Balaban J connectivity index is 2.83. The zero-order valence-electron chi connectivity index (χ0n) is 9.43. The molecule has 0 bridgehead atoms. The molecular weight excluding hydrogens is 245 g/mol. The molecule has 0 saturated heterocycles. The van der Waals surface area contributed by atoms with Crippen molar-refractivity contribution >= 4 is 16.8 Å². The maximum absolute atomic E-state index is 13.6. The van der Waals surface area contributed by atoms with Gasteiger partial charge in [-0.05, 0) is 24.6 Å². The molecule has 0 fully saturated rings. The van der Waals surface area contributed by atoms with Crippen LogP contribution in [0.15, 0.2) is 12.1 Å². The van der Waals surface area contributed by atoms with Gasteiger partial charge in [-0.1, -0.05) is 0 Å². The van der Waals surface area contributed by atoms with Crippen LogP contribution in [0.2, 0.25) is 0 Å². The van der Waals surface area contributed by atoms with Crippen LogP contribution in [0.3, 0.4) is 0 Å². The van der Waals surface area contributed by atoms with Gasteiger partial charge in [0.05, 0.1) is 6.42 Å². The van der Waals surface area contributed by atoms with Crippen molar-refractivity contribution in [2.45, 2.75) is 13.3 Å². The molecule has 0 aliphatic rings. The van der Waals surface area contributed by atoms with E-state index in [9.17, 15) is 18.0 Å². The Morgan fingerprint density at radius 3 is 2.56 bits per heavy atom. The lowest BCUT2D eigenvalue weighted by atomic mass is 10.0. The van der Waals surface area contributed by atoms with E-state index < -0.39 is 23.4 Å². The third-order valence-corrected chi connectivity index (χ3v) is 2.52. The Bertz CT molecular complexity index is 656. The van der Waals surface area contributed by atoms with Gasteiger partial charge in [0.2, 0.25) is 5.91 Å². The fourth-order valence-electron chi connectivity index (χ4n) is 1.81. The number of aromatic nitrogens is 1. The van der Waals surface area contributed by atoms with Gasteiger partial charge in [0, 0.05) is 11.1 Å². The molecule has 1 aromatic heterocycles. The van der Waals surface area contributed by atoms with Crippen LogP contribution in [0.25, 0.3) is 10.9 Å². The summed E-state index contributed by atoms with van der Waals surface area (Å²) in [5.41, 5.74) is 5.46. The number of hydrogen-bond donors (Lipinski definition) is 1. The number of primary amides is 1. The fourth-order valence-corrected chi connectivity index (χ4v) is 1.81. The number of carbonyl (C=O) groups is 1. The lowest BCUT2D eigenvalue weighted by molar-refractivity contribution is -0.117. The molecule has 0 radical (unpaired) electrons. The first-order chi connectivity index (χ1) is 8.40. The molecule has 0 aliphatic carbocycles. The number of halogens is 3. The molecule has 1 aromatic carbocycles. The molecule has 1 heterocycles. The van der Waals surface area contributed by atoms with Crippen molar-refractivity contribution in [2.75, 3.05) is 0 Å². The summed E-state index contributed by atoms with van der Waals surface area (Å²) in [6.45, 7) is 1.56. The molecule has 2 aromatic rings. The van der Waals surface area contributed by atoms with Crippen LogP contribution in [0.5, 0.6) is 0 Å². The molecule has 94 valence electrons. The van der Waals surface area contributed by atoms with E-state index in [0.717, 1.165) is 6.07 Å². The first-order valence-corrected chi connectivity index (χ1v) is 5.12. The molecule has 2 rings (SSSR count). The maximum atomic E-state index is 13.6. The van der Waals surface area contributed by atoms with Crippen molar-refractivity contribution in [3.8, 4) is 0 Å². The van der Waals surface area contributed by atoms with Gasteiger partial charge in [-0.15, -0.1) is 0 Å². The lowest BCUT2D eigenvalue weighted by Gasteiger charge is -2.08. The van der Waals surface area contributed by atoms with Crippen LogP contribution in [-0.2, 0) is 11.2 Å². The zero-order valence-corrected chi connectivity index (χ0v) is 9.43. The Morgan fingerprint density at radius 1 is 1.28 bits per heavy atom. The number of nitrogens with zero attached hydrogens (tertiary/aromatic N) is 1. The first kappa shape index (κ1) is 12.3. The summed E-state index contributed by atoms with van der Waals surface area (Å²) in [5, 5.41) is 0.0517. The first-order valence-electron chi connectivity index (χ1n) is 5.12. The Morgan fingerprint density at radius 2 is 1.94 bits per heavy atom. The van der Waals surface area contributed by atoms with Crippen molar-refractivity contribution in [1.29, 1.82) is 0 Å². The Hall–Kier alpha value is -2.11. The molecule has 2 N–H and O–H groups in total. The van der Waals surface area contributed by atoms with E-state index in [-0.39, 0.29) is 17.3 Å². The predicted molar refractivity (Wildman–Crippen MR) is 59.3 cm³/mol. The molecule has 0 atom stereocenters. The molecular formula is C12H9F3N2O. The number of amides is 1. The summed E-state index contributed by atoms with van der Waals surface area (Å²) in [6, 6.07) is 2.31. The van der Waals surface area contributed by atoms with Gasteiger partial charge >= 0.3 is 0 Å². The van der Waals surface area contributed by atoms with Gasteiger partial charge in [-0.2, -0.15) is 0 Å². The smallest absolute Gasteiger partial charge is 0.221 e. The van der Waals surface area contributed by atoms with Crippen molar-refractivity contribution in [3.63, 3.8) is 0 Å². The average molecular weight is 254 g/mol. The van der Waals surface area contributed by atoms with E-state index in [1.165, 1.54) is 6.07 Å². The molecule has 0 spiro atoms.